The van der Waals surface area contributed by atoms with Crippen LogP contribution >= 0.6 is 11.3 Å². The average Bonchev–Trinajstić information content (AvgIpc) is 2.84. The van der Waals surface area contributed by atoms with Gasteiger partial charge in [0, 0.05) is 19.5 Å². The first-order valence-corrected chi connectivity index (χ1v) is 6.53. The Bertz CT molecular complexity index is 486. The molecule has 1 aliphatic heterocycles. The van der Waals surface area contributed by atoms with Gasteiger partial charge in [0.2, 0.25) is 0 Å². The van der Waals surface area contributed by atoms with Crippen LogP contribution in [-0.2, 0) is 4.79 Å². The summed E-state index contributed by atoms with van der Waals surface area (Å²) in [4.78, 5) is 29.1. The van der Waals surface area contributed by atoms with E-state index in [9.17, 15) is 9.59 Å². The Morgan fingerprint density at radius 3 is 2.89 bits per heavy atom. The Morgan fingerprint density at radius 2 is 2.33 bits per heavy atom. The molecule has 2 rings (SSSR count). The van der Waals surface area contributed by atoms with Crippen molar-refractivity contribution in [3.8, 4) is 0 Å². The van der Waals surface area contributed by atoms with Crippen LogP contribution in [0.3, 0.4) is 0 Å². The van der Waals surface area contributed by atoms with Crippen molar-refractivity contribution in [2.45, 2.75) is 19.8 Å². The van der Waals surface area contributed by atoms with Crippen LogP contribution < -0.4 is 5.73 Å². The molecule has 0 bridgehead atoms. The van der Waals surface area contributed by atoms with Crippen molar-refractivity contribution in [2.75, 3.05) is 18.8 Å². The van der Waals surface area contributed by atoms with Gasteiger partial charge < -0.3 is 15.7 Å². The second-order valence-corrected chi connectivity index (χ2v) is 5.50. The van der Waals surface area contributed by atoms with E-state index < -0.39 is 5.97 Å². The first kappa shape index (κ1) is 12.8. The molecular formula is C11H15N3O3S. The smallest absolute Gasteiger partial charge is 0.303 e. The lowest BCUT2D eigenvalue weighted by atomic mass is 10.1. The fraction of sp³-hybridized carbons (Fsp3) is 0.545. The number of nitrogen functional groups attached to an aromatic ring is 1. The number of likely N-dealkylation sites (tertiary alicyclic amines) is 1. The number of rotatable bonds is 3. The number of carboxylic acids is 1. The predicted octanol–water partition coefficient (Wildman–Crippen LogP) is 0.971. The maximum atomic E-state index is 12.2. The molecule has 18 heavy (non-hydrogen) atoms. The molecular weight excluding hydrogens is 254 g/mol. The Kier molecular flexibility index (Phi) is 3.51. The molecule has 0 radical (unpaired) electrons. The van der Waals surface area contributed by atoms with E-state index in [1.807, 2.05) is 0 Å². The van der Waals surface area contributed by atoms with Gasteiger partial charge in [0.25, 0.3) is 5.91 Å². The van der Waals surface area contributed by atoms with E-state index in [2.05, 4.69) is 4.98 Å². The Balaban J connectivity index is 2.03. The van der Waals surface area contributed by atoms with Crippen molar-refractivity contribution in [3.05, 3.63) is 10.6 Å². The van der Waals surface area contributed by atoms with Crippen molar-refractivity contribution in [2.24, 2.45) is 5.92 Å². The number of hydrogen-bond donors (Lipinski definition) is 2. The summed E-state index contributed by atoms with van der Waals surface area (Å²) >= 11 is 1.18. The molecule has 3 N–H and O–H groups in total. The number of carbonyl (C=O) groups is 2. The van der Waals surface area contributed by atoms with E-state index in [4.69, 9.17) is 10.8 Å². The molecule has 7 heteroatoms. The minimum Gasteiger partial charge on any atom is -0.481 e. The number of aliphatic carboxylic acids is 1. The van der Waals surface area contributed by atoms with Crippen LogP contribution in [0.4, 0.5) is 5.13 Å². The SMILES string of the molecule is Cc1nc(N)sc1C(=O)N1CCC(CC(=O)O)C1. The number of aromatic nitrogens is 1. The molecule has 0 saturated carbocycles. The fourth-order valence-electron chi connectivity index (χ4n) is 2.19. The van der Waals surface area contributed by atoms with Gasteiger partial charge in [0.05, 0.1) is 5.69 Å². The molecule has 0 aliphatic carbocycles. The van der Waals surface area contributed by atoms with Crippen LogP contribution in [0, 0.1) is 12.8 Å². The number of carbonyl (C=O) groups excluding carboxylic acids is 1. The lowest BCUT2D eigenvalue weighted by molar-refractivity contribution is -0.138. The molecule has 98 valence electrons. The minimum atomic E-state index is -0.812. The first-order valence-electron chi connectivity index (χ1n) is 5.71. The highest BCUT2D eigenvalue weighted by molar-refractivity contribution is 7.17. The molecule has 1 saturated heterocycles. The first-order chi connectivity index (χ1) is 8.47. The highest BCUT2D eigenvalue weighted by Crippen LogP contribution is 2.26. The third-order valence-electron chi connectivity index (χ3n) is 3.04. The molecule has 6 nitrogen and oxygen atoms in total. The molecule has 1 fully saturated rings. The second kappa shape index (κ2) is 4.93. The third-order valence-corrected chi connectivity index (χ3v) is 4.02. The summed E-state index contributed by atoms with van der Waals surface area (Å²) in [5.74, 6) is -0.848. The number of amides is 1. The van der Waals surface area contributed by atoms with Gasteiger partial charge in [-0.3, -0.25) is 9.59 Å². The van der Waals surface area contributed by atoms with Gasteiger partial charge in [-0.05, 0) is 19.3 Å². The molecule has 0 spiro atoms. The Hall–Kier alpha value is -1.63. The monoisotopic (exact) mass is 269 g/mol. The van der Waals surface area contributed by atoms with Crippen molar-refractivity contribution in [1.82, 2.24) is 9.88 Å². The molecule has 0 aromatic carbocycles. The summed E-state index contributed by atoms with van der Waals surface area (Å²) in [5.41, 5.74) is 6.21. The van der Waals surface area contributed by atoms with E-state index in [-0.39, 0.29) is 18.2 Å². The summed E-state index contributed by atoms with van der Waals surface area (Å²) < 4.78 is 0. The van der Waals surface area contributed by atoms with Gasteiger partial charge in [0.15, 0.2) is 5.13 Å². The summed E-state index contributed by atoms with van der Waals surface area (Å²) in [6.07, 6.45) is 0.860. The van der Waals surface area contributed by atoms with Crippen molar-refractivity contribution in [1.29, 1.82) is 0 Å². The Morgan fingerprint density at radius 1 is 1.61 bits per heavy atom. The molecule has 1 unspecified atom stereocenters. The molecule has 2 heterocycles. The normalized spacial score (nSPS) is 19.2. The topological polar surface area (TPSA) is 96.5 Å². The number of aryl methyl sites for hydroxylation is 1. The van der Waals surface area contributed by atoms with E-state index in [1.165, 1.54) is 11.3 Å². The molecule has 1 amide bonds. The lowest BCUT2D eigenvalue weighted by Crippen LogP contribution is -2.28. The number of hydrogen-bond acceptors (Lipinski definition) is 5. The number of nitrogens with two attached hydrogens (primary N) is 1. The molecule has 1 atom stereocenters. The Labute approximate surface area is 108 Å². The highest BCUT2D eigenvalue weighted by atomic mass is 32.1. The van der Waals surface area contributed by atoms with Crippen LogP contribution in [-0.4, -0.2) is 40.0 Å². The van der Waals surface area contributed by atoms with Gasteiger partial charge in [0.1, 0.15) is 4.88 Å². The number of thiazole rings is 1. The van der Waals surface area contributed by atoms with Crippen molar-refractivity contribution in [3.63, 3.8) is 0 Å². The zero-order valence-corrected chi connectivity index (χ0v) is 10.9. The number of nitrogens with zero attached hydrogens (tertiary/aromatic N) is 2. The summed E-state index contributed by atoms with van der Waals surface area (Å²) in [5, 5.41) is 9.12. The van der Waals surface area contributed by atoms with Crippen LogP contribution in [0.1, 0.15) is 28.2 Å². The van der Waals surface area contributed by atoms with Crippen LogP contribution in [0.15, 0.2) is 0 Å². The van der Waals surface area contributed by atoms with Gasteiger partial charge in [-0.2, -0.15) is 0 Å². The predicted molar refractivity (Wildman–Crippen MR) is 67.5 cm³/mol. The fourth-order valence-corrected chi connectivity index (χ4v) is 2.99. The van der Waals surface area contributed by atoms with E-state index in [0.717, 1.165) is 6.42 Å². The van der Waals surface area contributed by atoms with E-state index in [1.54, 1.807) is 11.8 Å². The summed E-state index contributed by atoms with van der Waals surface area (Å²) in [6.45, 7) is 2.86. The van der Waals surface area contributed by atoms with Gasteiger partial charge in [-0.1, -0.05) is 11.3 Å². The van der Waals surface area contributed by atoms with E-state index in [0.29, 0.717) is 28.8 Å². The maximum absolute atomic E-state index is 12.2. The zero-order chi connectivity index (χ0) is 13.3. The quantitative estimate of drug-likeness (QED) is 0.852. The van der Waals surface area contributed by atoms with Crippen LogP contribution in [0.5, 0.6) is 0 Å². The lowest BCUT2D eigenvalue weighted by Gasteiger charge is -2.15. The highest BCUT2D eigenvalue weighted by Gasteiger charge is 2.30. The standard InChI is InChI=1S/C11H15N3O3S/c1-6-9(18-11(12)13-6)10(17)14-3-2-7(5-14)4-8(15)16/h7H,2-5H2,1H3,(H2,12,13)(H,15,16). The zero-order valence-electron chi connectivity index (χ0n) is 10.0. The number of anilines is 1. The van der Waals surface area contributed by atoms with Gasteiger partial charge in [-0.15, -0.1) is 0 Å². The molecule has 1 aromatic rings. The van der Waals surface area contributed by atoms with Crippen LogP contribution in [0.2, 0.25) is 0 Å². The van der Waals surface area contributed by atoms with Gasteiger partial charge >= 0.3 is 5.97 Å². The maximum Gasteiger partial charge on any atom is 0.303 e. The average molecular weight is 269 g/mol. The largest absolute Gasteiger partial charge is 0.481 e. The second-order valence-electron chi connectivity index (χ2n) is 4.47. The summed E-state index contributed by atoms with van der Waals surface area (Å²) in [6, 6.07) is 0. The van der Waals surface area contributed by atoms with E-state index >= 15 is 0 Å². The van der Waals surface area contributed by atoms with Crippen molar-refractivity contribution >= 4 is 28.3 Å². The van der Waals surface area contributed by atoms with Crippen molar-refractivity contribution < 1.29 is 14.7 Å². The van der Waals surface area contributed by atoms with Gasteiger partial charge in [-0.25, -0.2) is 4.98 Å². The summed E-state index contributed by atoms with van der Waals surface area (Å²) in [7, 11) is 0. The third kappa shape index (κ3) is 2.61. The number of carboxylic acid groups (broad SMARTS) is 1. The molecule has 1 aliphatic rings. The minimum absolute atomic E-state index is 0.0528. The van der Waals surface area contributed by atoms with Crippen LogP contribution in [0.25, 0.3) is 0 Å². The molecule has 1 aromatic heterocycles.